The number of hydrogen-bond acceptors (Lipinski definition) is 5. The van der Waals surface area contributed by atoms with Crippen LogP contribution in [-0.2, 0) is 11.3 Å². The van der Waals surface area contributed by atoms with Gasteiger partial charge in [-0.3, -0.25) is 9.69 Å². The number of carbonyl (C=O) groups is 1. The lowest BCUT2D eigenvalue weighted by molar-refractivity contribution is -0.135. The van der Waals surface area contributed by atoms with Gasteiger partial charge in [0.05, 0.1) is 0 Å². The van der Waals surface area contributed by atoms with E-state index in [1.165, 1.54) is 5.56 Å². The van der Waals surface area contributed by atoms with Gasteiger partial charge < -0.3 is 4.90 Å². The fourth-order valence-electron chi connectivity index (χ4n) is 3.72. The summed E-state index contributed by atoms with van der Waals surface area (Å²) < 4.78 is 0. The molecule has 1 aromatic rings. The second-order valence-electron chi connectivity index (χ2n) is 6.15. The van der Waals surface area contributed by atoms with Gasteiger partial charge >= 0.3 is 0 Å². The molecule has 21 heavy (non-hydrogen) atoms. The SMILES string of the molecule is O=C(C1CNNN1)N1C[C@@H]2C[C@H]1CN2Cc1ccccc1. The van der Waals surface area contributed by atoms with Crippen molar-refractivity contribution in [2.24, 2.45) is 0 Å². The minimum absolute atomic E-state index is 0.132. The van der Waals surface area contributed by atoms with Crippen LogP contribution in [-0.4, -0.2) is 53.5 Å². The predicted molar refractivity (Wildman–Crippen MR) is 78.8 cm³/mol. The lowest BCUT2D eigenvalue weighted by Crippen LogP contribution is -2.54. The topological polar surface area (TPSA) is 59.6 Å². The molecule has 1 unspecified atom stereocenters. The zero-order valence-electron chi connectivity index (χ0n) is 12.0. The molecule has 112 valence electrons. The van der Waals surface area contributed by atoms with Crippen molar-refractivity contribution in [1.82, 2.24) is 26.2 Å². The first-order valence-corrected chi connectivity index (χ1v) is 7.63. The van der Waals surface area contributed by atoms with Gasteiger partial charge in [-0.15, -0.1) is 0 Å². The highest BCUT2D eigenvalue weighted by Gasteiger charge is 2.46. The van der Waals surface area contributed by atoms with Crippen molar-refractivity contribution in [3.8, 4) is 0 Å². The zero-order chi connectivity index (χ0) is 14.2. The van der Waals surface area contributed by atoms with Crippen LogP contribution >= 0.6 is 0 Å². The van der Waals surface area contributed by atoms with E-state index < -0.39 is 0 Å². The first-order valence-electron chi connectivity index (χ1n) is 7.63. The van der Waals surface area contributed by atoms with Crippen molar-refractivity contribution in [2.75, 3.05) is 19.6 Å². The maximum atomic E-state index is 12.5. The minimum atomic E-state index is -0.132. The summed E-state index contributed by atoms with van der Waals surface area (Å²) in [5, 5.41) is 0. The smallest absolute Gasteiger partial charge is 0.242 e. The molecule has 2 bridgehead atoms. The summed E-state index contributed by atoms with van der Waals surface area (Å²) in [5.74, 6) is 0.222. The van der Waals surface area contributed by atoms with E-state index in [4.69, 9.17) is 0 Å². The van der Waals surface area contributed by atoms with Crippen LogP contribution in [0.15, 0.2) is 30.3 Å². The van der Waals surface area contributed by atoms with Crippen molar-refractivity contribution in [1.29, 1.82) is 0 Å². The molecule has 0 aliphatic carbocycles. The lowest BCUT2D eigenvalue weighted by atomic mass is 10.2. The van der Waals surface area contributed by atoms with Crippen LogP contribution in [0.3, 0.4) is 0 Å². The lowest BCUT2D eigenvalue weighted by Gasteiger charge is -2.35. The molecule has 0 aromatic heterocycles. The third-order valence-corrected chi connectivity index (χ3v) is 4.80. The molecular weight excluding hydrogens is 266 g/mol. The Morgan fingerprint density at radius 1 is 1.19 bits per heavy atom. The van der Waals surface area contributed by atoms with Gasteiger partial charge in [-0.2, -0.15) is 5.53 Å². The molecule has 4 rings (SSSR count). The summed E-state index contributed by atoms with van der Waals surface area (Å²) in [6, 6.07) is 11.3. The van der Waals surface area contributed by atoms with E-state index in [1.54, 1.807) is 0 Å². The molecule has 3 heterocycles. The number of benzene rings is 1. The summed E-state index contributed by atoms with van der Waals surface area (Å²) in [6.45, 7) is 3.52. The van der Waals surface area contributed by atoms with Crippen molar-refractivity contribution in [3.63, 3.8) is 0 Å². The number of hydrazine groups is 2. The number of carbonyl (C=O) groups excluding carboxylic acids is 1. The molecule has 0 radical (unpaired) electrons. The van der Waals surface area contributed by atoms with Crippen molar-refractivity contribution >= 4 is 5.91 Å². The highest BCUT2D eigenvalue weighted by Crippen LogP contribution is 2.32. The van der Waals surface area contributed by atoms with E-state index in [0.717, 1.165) is 26.1 Å². The van der Waals surface area contributed by atoms with E-state index in [1.807, 2.05) is 0 Å². The average Bonchev–Trinajstić information content (AvgIpc) is 3.24. The van der Waals surface area contributed by atoms with Gasteiger partial charge in [0.15, 0.2) is 0 Å². The standard InChI is InChI=1S/C15H21N5O/c21-15(14-7-16-18-17-14)20-10-12-6-13(20)9-19(12)8-11-4-2-1-3-5-11/h1-5,12-14,16-18H,6-10H2/t12-,13-,14?/m0/s1. The monoisotopic (exact) mass is 287 g/mol. The Kier molecular flexibility index (Phi) is 3.39. The van der Waals surface area contributed by atoms with Crippen LogP contribution in [0.4, 0.5) is 0 Å². The molecule has 3 fully saturated rings. The third kappa shape index (κ3) is 2.44. The van der Waals surface area contributed by atoms with Gasteiger partial charge in [0.1, 0.15) is 6.04 Å². The number of nitrogens with zero attached hydrogens (tertiary/aromatic N) is 2. The quantitative estimate of drug-likeness (QED) is 0.697. The van der Waals surface area contributed by atoms with E-state index in [9.17, 15) is 4.79 Å². The summed E-state index contributed by atoms with van der Waals surface area (Å²) in [4.78, 5) is 17.1. The number of likely N-dealkylation sites (tertiary alicyclic amines) is 2. The van der Waals surface area contributed by atoms with Crippen LogP contribution in [0.1, 0.15) is 12.0 Å². The molecule has 3 saturated heterocycles. The van der Waals surface area contributed by atoms with Gasteiger partial charge in [-0.1, -0.05) is 30.3 Å². The minimum Gasteiger partial charge on any atom is -0.335 e. The second kappa shape index (κ2) is 5.38. The number of amides is 1. The van der Waals surface area contributed by atoms with E-state index in [0.29, 0.717) is 18.6 Å². The third-order valence-electron chi connectivity index (χ3n) is 4.80. The summed E-state index contributed by atoms with van der Waals surface area (Å²) in [6.07, 6.45) is 1.12. The molecule has 1 amide bonds. The van der Waals surface area contributed by atoms with Crippen LogP contribution in [0, 0.1) is 0 Å². The van der Waals surface area contributed by atoms with Crippen molar-refractivity contribution in [2.45, 2.75) is 31.1 Å². The predicted octanol–water partition coefficient (Wildman–Crippen LogP) is -0.547. The molecule has 3 aliphatic heterocycles. The molecule has 3 aliphatic rings. The summed E-state index contributed by atoms with van der Waals surface area (Å²) in [5.41, 5.74) is 10.1. The number of piperazine rings is 1. The molecule has 3 N–H and O–H groups in total. The Morgan fingerprint density at radius 3 is 2.71 bits per heavy atom. The van der Waals surface area contributed by atoms with Crippen LogP contribution < -0.4 is 16.4 Å². The van der Waals surface area contributed by atoms with Crippen LogP contribution in [0.25, 0.3) is 0 Å². The van der Waals surface area contributed by atoms with Gasteiger partial charge in [0.25, 0.3) is 0 Å². The van der Waals surface area contributed by atoms with Crippen molar-refractivity contribution in [3.05, 3.63) is 35.9 Å². The molecule has 0 spiro atoms. The van der Waals surface area contributed by atoms with Gasteiger partial charge in [0, 0.05) is 38.3 Å². The Morgan fingerprint density at radius 2 is 2.05 bits per heavy atom. The fraction of sp³-hybridized carbons (Fsp3) is 0.533. The first kappa shape index (κ1) is 13.2. The second-order valence-corrected chi connectivity index (χ2v) is 6.15. The summed E-state index contributed by atoms with van der Waals surface area (Å²) in [7, 11) is 0. The molecule has 3 atom stereocenters. The maximum Gasteiger partial charge on any atom is 0.242 e. The maximum absolute atomic E-state index is 12.5. The molecule has 6 heteroatoms. The van der Waals surface area contributed by atoms with E-state index in [2.05, 4.69) is 56.5 Å². The molecular formula is C15H21N5O. The summed E-state index contributed by atoms with van der Waals surface area (Å²) >= 11 is 0. The highest BCUT2D eigenvalue weighted by atomic mass is 16.2. The molecule has 6 nitrogen and oxygen atoms in total. The zero-order valence-corrected chi connectivity index (χ0v) is 12.0. The first-order chi connectivity index (χ1) is 10.3. The van der Waals surface area contributed by atoms with E-state index in [-0.39, 0.29) is 11.9 Å². The average molecular weight is 287 g/mol. The number of hydrogen-bond donors (Lipinski definition) is 3. The Labute approximate surface area is 124 Å². The number of fused-ring (bicyclic) bond motifs is 2. The Hall–Kier alpha value is -1.47. The van der Waals surface area contributed by atoms with Crippen LogP contribution in [0.2, 0.25) is 0 Å². The van der Waals surface area contributed by atoms with Gasteiger partial charge in [-0.25, -0.2) is 10.9 Å². The highest BCUT2D eigenvalue weighted by molar-refractivity contribution is 5.83. The van der Waals surface area contributed by atoms with Crippen molar-refractivity contribution < 1.29 is 4.79 Å². The van der Waals surface area contributed by atoms with Crippen LogP contribution in [0.5, 0.6) is 0 Å². The normalized spacial score (nSPS) is 32.0. The largest absolute Gasteiger partial charge is 0.335 e. The molecule has 1 aromatic carbocycles. The van der Waals surface area contributed by atoms with Gasteiger partial charge in [0.2, 0.25) is 5.91 Å². The number of nitrogens with one attached hydrogen (secondary N) is 3. The Balaban J connectivity index is 1.38. The number of rotatable bonds is 3. The van der Waals surface area contributed by atoms with Gasteiger partial charge in [-0.05, 0) is 12.0 Å². The Bertz CT molecular complexity index is 516. The fourth-order valence-corrected chi connectivity index (χ4v) is 3.72. The molecule has 0 saturated carbocycles. The van der Waals surface area contributed by atoms with E-state index >= 15 is 0 Å².